The van der Waals surface area contributed by atoms with E-state index in [-0.39, 0.29) is 11.9 Å². The van der Waals surface area contributed by atoms with Crippen LogP contribution in [-0.2, 0) is 4.79 Å². The number of nitrogens with one attached hydrogen (secondary N) is 1. The van der Waals surface area contributed by atoms with Crippen LogP contribution in [0.15, 0.2) is 30.3 Å². The zero-order valence-electron chi connectivity index (χ0n) is 11.3. The van der Waals surface area contributed by atoms with Crippen molar-refractivity contribution in [1.82, 2.24) is 5.32 Å². The molecule has 1 aliphatic heterocycles. The fourth-order valence-electron chi connectivity index (χ4n) is 2.32. The molecular formula is C15H20N2OS. The summed E-state index contributed by atoms with van der Waals surface area (Å²) in [5, 5.41) is 3.66. The van der Waals surface area contributed by atoms with Crippen molar-refractivity contribution < 1.29 is 4.79 Å². The topological polar surface area (TPSA) is 32.3 Å². The number of carbonyl (C=O) groups excluding carboxylic acids is 1. The van der Waals surface area contributed by atoms with E-state index in [1.165, 1.54) is 19.3 Å². The van der Waals surface area contributed by atoms with Crippen LogP contribution in [0.2, 0.25) is 0 Å². The lowest BCUT2D eigenvalue weighted by molar-refractivity contribution is -0.118. The molecule has 1 N–H and O–H groups in total. The molecule has 1 saturated heterocycles. The number of rotatable bonds is 6. The molecule has 0 bridgehead atoms. The summed E-state index contributed by atoms with van der Waals surface area (Å²) < 4.78 is 0. The van der Waals surface area contributed by atoms with Gasteiger partial charge in [-0.15, -0.1) is 0 Å². The Morgan fingerprint density at radius 3 is 2.63 bits per heavy atom. The Kier molecular flexibility index (Phi) is 4.91. The van der Waals surface area contributed by atoms with Crippen molar-refractivity contribution in [1.29, 1.82) is 0 Å². The third-order valence-electron chi connectivity index (χ3n) is 3.38. The maximum atomic E-state index is 12.4. The predicted octanol–water partition coefficient (Wildman–Crippen LogP) is 3.25. The van der Waals surface area contributed by atoms with Gasteiger partial charge in [-0.25, -0.2) is 0 Å². The van der Waals surface area contributed by atoms with Crippen molar-refractivity contribution in [3.63, 3.8) is 0 Å². The maximum absolute atomic E-state index is 12.4. The number of carbonyl (C=O) groups is 1. The number of unbranched alkanes of at least 4 members (excludes halogenated alkanes) is 3. The number of anilines is 1. The van der Waals surface area contributed by atoms with Crippen LogP contribution < -0.4 is 10.2 Å². The average Bonchev–Trinajstić information content (AvgIpc) is 2.71. The van der Waals surface area contributed by atoms with Gasteiger partial charge in [0, 0.05) is 0 Å². The molecule has 19 heavy (non-hydrogen) atoms. The van der Waals surface area contributed by atoms with E-state index in [2.05, 4.69) is 12.2 Å². The zero-order chi connectivity index (χ0) is 13.7. The van der Waals surface area contributed by atoms with Crippen LogP contribution in [0.4, 0.5) is 5.69 Å². The second-order valence-electron chi connectivity index (χ2n) is 4.86. The first-order chi connectivity index (χ1) is 9.24. The Balaban J connectivity index is 1.97. The lowest BCUT2D eigenvalue weighted by Crippen LogP contribution is -2.31. The molecule has 0 saturated carbocycles. The number of para-hydroxylation sites is 1. The van der Waals surface area contributed by atoms with Gasteiger partial charge in [0.25, 0.3) is 5.91 Å². The lowest BCUT2D eigenvalue weighted by atomic mass is 10.1. The van der Waals surface area contributed by atoms with Gasteiger partial charge in [-0.3, -0.25) is 9.69 Å². The minimum absolute atomic E-state index is 0.0766. The van der Waals surface area contributed by atoms with E-state index < -0.39 is 0 Å². The Bertz CT molecular complexity index is 447. The summed E-state index contributed by atoms with van der Waals surface area (Å²) in [4.78, 5) is 14.0. The number of nitrogens with zero attached hydrogens (tertiary/aromatic N) is 1. The van der Waals surface area contributed by atoms with Gasteiger partial charge >= 0.3 is 0 Å². The number of hydrogen-bond donors (Lipinski definition) is 1. The highest BCUT2D eigenvalue weighted by Gasteiger charge is 2.35. The summed E-state index contributed by atoms with van der Waals surface area (Å²) in [6.07, 6.45) is 5.55. The number of benzene rings is 1. The van der Waals surface area contributed by atoms with Gasteiger partial charge in [0.05, 0.1) is 5.69 Å². The van der Waals surface area contributed by atoms with E-state index in [4.69, 9.17) is 12.2 Å². The maximum Gasteiger partial charge on any atom is 0.255 e. The predicted molar refractivity (Wildman–Crippen MR) is 82.2 cm³/mol. The van der Waals surface area contributed by atoms with Crippen LogP contribution in [0.3, 0.4) is 0 Å². The Labute approximate surface area is 120 Å². The van der Waals surface area contributed by atoms with Crippen LogP contribution >= 0.6 is 12.2 Å². The molecule has 1 aliphatic rings. The smallest absolute Gasteiger partial charge is 0.255 e. The number of thiocarbonyl (C=S) groups is 1. The van der Waals surface area contributed by atoms with E-state index in [0.717, 1.165) is 18.5 Å². The van der Waals surface area contributed by atoms with Crippen molar-refractivity contribution >= 4 is 28.9 Å². The largest absolute Gasteiger partial charge is 0.350 e. The standard InChI is InChI=1S/C15H20N2OS/c1-2-3-4-8-11-13-14(18)17(15(19)16-13)12-9-6-5-7-10-12/h5-7,9-10,13H,2-4,8,11H2,1H3,(H,16,19)/t13-/m0/s1. The minimum Gasteiger partial charge on any atom is -0.350 e. The Hall–Kier alpha value is -1.42. The molecule has 0 aromatic heterocycles. The monoisotopic (exact) mass is 276 g/mol. The van der Waals surface area contributed by atoms with Gasteiger partial charge in [0.2, 0.25) is 0 Å². The average molecular weight is 276 g/mol. The summed E-state index contributed by atoms with van der Waals surface area (Å²) in [7, 11) is 0. The van der Waals surface area contributed by atoms with Crippen LogP contribution in [0.25, 0.3) is 0 Å². The van der Waals surface area contributed by atoms with Crippen molar-refractivity contribution in [2.75, 3.05) is 4.90 Å². The molecule has 1 amide bonds. The second kappa shape index (κ2) is 6.66. The fourth-order valence-corrected chi connectivity index (χ4v) is 2.66. The van der Waals surface area contributed by atoms with Gasteiger partial charge in [0.15, 0.2) is 5.11 Å². The number of amides is 1. The number of hydrogen-bond acceptors (Lipinski definition) is 2. The quantitative estimate of drug-likeness (QED) is 0.639. The summed E-state index contributed by atoms with van der Waals surface area (Å²) in [6.45, 7) is 2.19. The third kappa shape index (κ3) is 3.32. The normalized spacial score (nSPS) is 18.8. The van der Waals surface area contributed by atoms with E-state index in [1.54, 1.807) is 4.90 Å². The SMILES string of the molecule is CCCCCC[C@@H]1NC(=S)N(c2ccccc2)C1=O. The molecule has 4 heteroatoms. The molecular weight excluding hydrogens is 256 g/mol. The molecule has 0 aliphatic carbocycles. The van der Waals surface area contributed by atoms with Gasteiger partial charge in [-0.1, -0.05) is 50.8 Å². The summed E-state index contributed by atoms with van der Waals surface area (Å²) >= 11 is 5.27. The van der Waals surface area contributed by atoms with Gasteiger partial charge in [0.1, 0.15) is 6.04 Å². The first-order valence-corrected chi connectivity index (χ1v) is 7.34. The van der Waals surface area contributed by atoms with Crippen LogP contribution in [0, 0.1) is 0 Å². The highest BCUT2D eigenvalue weighted by atomic mass is 32.1. The zero-order valence-corrected chi connectivity index (χ0v) is 12.1. The van der Waals surface area contributed by atoms with Crippen LogP contribution in [0.1, 0.15) is 39.0 Å². The molecule has 1 heterocycles. The minimum atomic E-state index is -0.149. The third-order valence-corrected chi connectivity index (χ3v) is 3.68. The molecule has 1 aromatic carbocycles. The summed E-state index contributed by atoms with van der Waals surface area (Å²) in [6, 6.07) is 9.43. The highest BCUT2D eigenvalue weighted by molar-refractivity contribution is 7.80. The first kappa shape index (κ1) is 14.0. The van der Waals surface area contributed by atoms with E-state index in [1.807, 2.05) is 30.3 Å². The molecule has 0 unspecified atom stereocenters. The summed E-state index contributed by atoms with van der Waals surface area (Å²) in [5.41, 5.74) is 0.848. The van der Waals surface area contributed by atoms with Crippen LogP contribution in [0.5, 0.6) is 0 Å². The molecule has 1 aromatic rings. The second-order valence-corrected chi connectivity index (χ2v) is 5.25. The molecule has 2 rings (SSSR count). The van der Waals surface area contributed by atoms with E-state index in [0.29, 0.717) is 5.11 Å². The molecule has 1 fully saturated rings. The van der Waals surface area contributed by atoms with Gasteiger partial charge < -0.3 is 5.32 Å². The van der Waals surface area contributed by atoms with Crippen LogP contribution in [-0.4, -0.2) is 17.1 Å². The highest BCUT2D eigenvalue weighted by Crippen LogP contribution is 2.21. The van der Waals surface area contributed by atoms with Gasteiger partial charge in [-0.2, -0.15) is 0 Å². The van der Waals surface area contributed by atoms with E-state index in [9.17, 15) is 4.79 Å². The van der Waals surface area contributed by atoms with Crippen molar-refractivity contribution in [3.05, 3.63) is 30.3 Å². The first-order valence-electron chi connectivity index (χ1n) is 6.93. The van der Waals surface area contributed by atoms with E-state index >= 15 is 0 Å². The lowest BCUT2D eigenvalue weighted by Gasteiger charge is -2.14. The van der Waals surface area contributed by atoms with Gasteiger partial charge in [-0.05, 0) is 30.8 Å². The molecule has 0 spiro atoms. The molecule has 0 radical (unpaired) electrons. The Morgan fingerprint density at radius 1 is 1.21 bits per heavy atom. The summed E-state index contributed by atoms with van der Waals surface area (Å²) in [5.74, 6) is 0.0766. The van der Waals surface area contributed by atoms with Crippen molar-refractivity contribution in [3.8, 4) is 0 Å². The molecule has 1 atom stereocenters. The Morgan fingerprint density at radius 2 is 1.95 bits per heavy atom. The molecule has 102 valence electrons. The molecule has 3 nitrogen and oxygen atoms in total. The van der Waals surface area contributed by atoms with Crippen molar-refractivity contribution in [2.24, 2.45) is 0 Å². The van der Waals surface area contributed by atoms with Crippen molar-refractivity contribution in [2.45, 2.75) is 45.1 Å². The fraction of sp³-hybridized carbons (Fsp3) is 0.467.